The van der Waals surface area contributed by atoms with E-state index in [1.807, 2.05) is 44.2 Å². The molecule has 0 aliphatic heterocycles. The molecule has 0 spiro atoms. The molecule has 1 atom stereocenters. The number of hydrogen-bond donors (Lipinski definition) is 1. The fourth-order valence-electron chi connectivity index (χ4n) is 3.99. The molecule has 0 fully saturated rings. The first-order chi connectivity index (χ1) is 18.0. The van der Waals surface area contributed by atoms with Gasteiger partial charge in [0.2, 0.25) is 21.8 Å². The van der Waals surface area contributed by atoms with Crippen molar-refractivity contribution in [2.75, 3.05) is 17.1 Å². The average Bonchev–Trinajstić information content (AvgIpc) is 2.85. The van der Waals surface area contributed by atoms with Crippen molar-refractivity contribution < 1.29 is 18.0 Å². The molecule has 2 amide bonds. The Bertz CT molecular complexity index is 1370. The number of sulfonamides is 1. The number of carbonyl (C=O) groups excluding carboxylic acids is 2. The maximum absolute atomic E-state index is 14.0. The number of anilines is 1. The van der Waals surface area contributed by atoms with Crippen LogP contribution in [-0.2, 0) is 32.6 Å². The number of amides is 2. The predicted molar refractivity (Wildman–Crippen MR) is 153 cm³/mol. The molecule has 0 saturated carbocycles. The molecule has 3 aromatic carbocycles. The van der Waals surface area contributed by atoms with Crippen molar-refractivity contribution in [2.24, 2.45) is 0 Å². The third kappa shape index (κ3) is 7.96. The van der Waals surface area contributed by atoms with Gasteiger partial charge in [-0.05, 0) is 43.2 Å². The van der Waals surface area contributed by atoms with Gasteiger partial charge in [0.05, 0.1) is 17.0 Å². The highest BCUT2D eigenvalue weighted by atomic mass is 35.5. The molecule has 0 heterocycles. The Morgan fingerprint density at radius 1 is 0.868 bits per heavy atom. The number of benzene rings is 3. The smallest absolute Gasteiger partial charge is 0.244 e. The zero-order valence-electron chi connectivity index (χ0n) is 21.5. The van der Waals surface area contributed by atoms with Crippen LogP contribution in [0.4, 0.5) is 5.69 Å². The summed E-state index contributed by atoms with van der Waals surface area (Å²) in [5.74, 6) is -0.928. The van der Waals surface area contributed by atoms with Crippen molar-refractivity contribution in [1.82, 2.24) is 10.2 Å². The van der Waals surface area contributed by atoms with Gasteiger partial charge in [-0.3, -0.25) is 13.9 Å². The summed E-state index contributed by atoms with van der Waals surface area (Å²) in [6.07, 6.45) is 1.23. The molecule has 1 N–H and O–H groups in total. The van der Waals surface area contributed by atoms with Gasteiger partial charge in [0, 0.05) is 24.0 Å². The van der Waals surface area contributed by atoms with E-state index in [-0.39, 0.29) is 35.6 Å². The minimum absolute atomic E-state index is 0.00163. The van der Waals surface area contributed by atoms with E-state index in [2.05, 4.69) is 5.32 Å². The molecule has 0 radical (unpaired) electrons. The van der Waals surface area contributed by atoms with E-state index >= 15 is 0 Å². The summed E-state index contributed by atoms with van der Waals surface area (Å²) in [5, 5.41) is 3.52. The van der Waals surface area contributed by atoms with Crippen LogP contribution in [0.5, 0.6) is 0 Å². The minimum atomic E-state index is -3.90. The second-order valence-corrected chi connectivity index (χ2v) is 11.9. The van der Waals surface area contributed by atoms with Gasteiger partial charge in [-0.2, -0.15) is 0 Å². The van der Waals surface area contributed by atoms with E-state index in [4.69, 9.17) is 23.2 Å². The van der Waals surface area contributed by atoms with Crippen molar-refractivity contribution in [3.8, 4) is 0 Å². The van der Waals surface area contributed by atoms with Gasteiger partial charge in [-0.25, -0.2) is 8.42 Å². The number of para-hydroxylation sites is 1. The van der Waals surface area contributed by atoms with Crippen molar-refractivity contribution in [1.29, 1.82) is 0 Å². The molecule has 0 bridgehead atoms. The first kappa shape index (κ1) is 29.5. The summed E-state index contributed by atoms with van der Waals surface area (Å²) in [6.45, 7) is 3.12. The van der Waals surface area contributed by atoms with E-state index in [9.17, 15) is 18.0 Å². The van der Waals surface area contributed by atoms with Gasteiger partial charge >= 0.3 is 0 Å². The number of nitrogens with zero attached hydrogens (tertiary/aromatic N) is 2. The number of rotatable bonds is 11. The number of hydrogen-bond acceptors (Lipinski definition) is 4. The van der Waals surface area contributed by atoms with Crippen molar-refractivity contribution in [3.63, 3.8) is 0 Å². The summed E-state index contributed by atoms with van der Waals surface area (Å²) in [5.41, 5.74) is 1.65. The third-order valence-corrected chi connectivity index (χ3v) is 7.62. The van der Waals surface area contributed by atoms with Crippen LogP contribution in [0.3, 0.4) is 0 Å². The van der Waals surface area contributed by atoms with Gasteiger partial charge in [-0.15, -0.1) is 0 Å². The number of halogens is 2. The van der Waals surface area contributed by atoms with E-state index in [0.29, 0.717) is 10.6 Å². The molecular weight excluding hydrogens is 545 g/mol. The number of nitrogens with one attached hydrogen (secondary N) is 1. The largest absolute Gasteiger partial charge is 0.352 e. The zero-order valence-corrected chi connectivity index (χ0v) is 23.8. The number of carbonyl (C=O) groups is 2. The van der Waals surface area contributed by atoms with Crippen LogP contribution in [0.1, 0.15) is 25.0 Å². The van der Waals surface area contributed by atoms with Crippen LogP contribution in [0.2, 0.25) is 10.0 Å². The average molecular weight is 577 g/mol. The summed E-state index contributed by atoms with van der Waals surface area (Å²) in [7, 11) is -3.90. The maximum Gasteiger partial charge on any atom is 0.244 e. The fraction of sp³-hybridized carbons (Fsp3) is 0.286. The first-order valence-corrected chi connectivity index (χ1v) is 14.7. The zero-order chi connectivity index (χ0) is 27.9. The molecule has 1 unspecified atom stereocenters. The summed E-state index contributed by atoms with van der Waals surface area (Å²) in [4.78, 5) is 28.9. The molecule has 38 heavy (non-hydrogen) atoms. The van der Waals surface area contributed by atoms with Gasteiger partial charge in [0.15, 0.2) is 0 Å². The van der Waals surface area contributed by atoms with Gasteiger partial charge in [-0.1, -0.05) is 83.9 Å². The Morgan fingerprint density at radius 2 is 1.45 bits per heavy atom. The second kappa shape index (κ2) is 13.1. The molecule has 7 nitrogen and oxygen atoms in total. The molecule has 202 valence electrons. The Labute approximate surface area is 234 Å². The monoisotopic (exact) mass is 575 g/mol. The van der Waals surface area contributed by atoms with Gasteiger partial charge in [0.1, 0.15) is 12.6 Å². The van der Waals surface area contributed by atoms with Crippen molar-refractivity contribution in [2.45, 2.75) is 38.9 Å². The molecule has 0 aromatic heterocycles. The van der Waals surface area contributed by atoms with Crippen LogP contribution in [0, 0.1) is 0 Å². The quantitative estimate of drug-likeness (QED) is 0.351. The Hall–Kier alpha value is -3.07. The molecule has 0 saturated heterocycles. The molecule has 10 heteroatoms. The van der Waals surface area contributed by atoms with E-state index in [1.54, 1.807) is 42.5 Å². The Balaban J connectivity index is 2.08. The predicted octanol–water partition coefficient (Wildman–Crippen LogP) is 4.92. The highest BCUT2D eigenvalue weighted by Crippen LogP contribution is 2.28. The highest BCUT2D eigenvalue weighted by molar-refractivity contribution is 7.92. The lowest BCUT2D eigenvalue weighted by atomic mass is 10.0. The lowest BCUT2D eigenvalue weighted by Gasteiger charge is -2.34. The van der Waals surface area contributed by atoms with Crippen LogP contribution >= 0.6 is 23.2 Å². The van der Waals surface area contributed by atoms with E-state index < -0.39 is 28.5 Å². The summed E-state index contributed by atoms with van der Waals surface area (Å²) in [6, 6.07) is 21.6. The maximum atomic E-state index is 14.0. The standard InChI is InChI=1S/C28H31Cl2N3O4S/c1-20(2)31-28(35)26(17-21-11-5-4-6-12-21)32(18-22-13-7-8-14-23(22)29)27(34)19-33(38(3,36)37)25-16-10-9-15-24(25)30/h4-16,20,26H,17-19H2,1-3H3,(H,31,35). The minimum Gasteiger partial charge on any atom is -0.352 e. The molecular formula is C28H31Cl2N3O4S. The normalized spacial score (nSPS) is 12.2. The van der Waals surface area contributed by atoms with E-state index in [1.165, 1.54) is 11.0 Å². The Morgan fingerprint density at radius 3 is 2.03 bits per heavy atom. The van der Waals surface area contributed by atoms with Crippen LogP contribution in [0.15, 0.2) is 78.9 Å². The molecule has 3 aromatic rings. The van der Waals surface area contributed by atoms with Crippen LogP contribution < -0.4 is 9.62 Å². The van der Waals surface area contributed by atoms with Gasteiger partial charge in [0.25, 0.3) is 0 Å². The highest BCUT2D eigenvalue weighted by Gasteiger charge is 2.34. The summed E-state index contributed by atoms with van der Waals surface area (Å²) >= 11 is 12.7. The Kier molecular flexibility index (Phi) is 10.2. The molecule has 0 aliphatic carbocycles. The second-order valence-electron chi connectivity index (χ2n) is 9.20. The lowest BCUT2D eigenvalue weighted by Crippen LogP contribution is -2.54. The third-order valence-electron chi connectivity index (χ3n) is 5.80. The first-order valence-electron chi connectivity index (χ1n) is 12.1. The lowest BCUT2D eigenvalue weighted by molar-refractivity contribution is -0.140. The van der Waals surface area contributed by atoms with Crippen LogP contribution in [-0.4, -0.2) is 50.0 Å². The summed E-state index contributed by atoms with van der Waals surface area (Å²) < 4.78 is 26.5. The van der Waals surface area contributed by atoms with Crippen molar-refractivity contribution in [3.05, 3.63) is 100 Å². The SMILES string of the molecule is CC(C)NC(=O)C(Cc1ccccc1)N(Cc1ccccc1Cl)C(=O)CN(c1ccccc1Cl)S(C)(=O)=O. The van der Waals surface area contributed by atoms with E-state index in [0.717, 1.165) is 16.1 Å². The topological polar surface area (TPSA) is 86.8 Å². The van der Waals surface area contributed by atoms with Crippen molar-refractivity contribution >= 4 is 50.7 Å². The fourth-order valence-corrected chi connectivity index (χ4v) is 5.34. The van der Waals surface area contributed by atoms with Crippen LogP contribution in [0.25, 0.3) is 0 Å². The molecule has 0 aliphatic rings. The molecule has 3 rings (SSSR count). The van der Waals surface area contributed by atoms with Gasteiger partial charge < -0.3 is 10.2 Å².